The van der Waals surface area contributed by atoms with E-state index in [-0.39, 0.29) is 30.7 Å². The van der Waals surface area contributed by atoms with E-state index in [2.05, 4.69) is 10.2 Å². The van der Waals surface area contributed by atoms with Gasteiger partial charge in [-0.1, -0.05) is 54.6 Å². The molecule has 0 aromatic heterocycles. The van der Waals surface area contributed by atoms with Gasteiger partial charge in [0.15, 0.2) is 11.6 Å². The highest BCUT2D eigenvalue weighted by Crippen LogP contribution is 2.24. The number of aliphatic hydroxyl groups is 1. The van der Waals surface area contributed by atoms with Gasteiger partial charge in [-0.15, -0.1) is 0 Å². The highest BCUT2D eigenvalue weighted by molar-refractivity contribution is 5.97. The van der Waals surface area contributed by atoms with Crippen molar-refractivity contribution < 1.29 is 24.2 Å². The van der Waals surface area contributed by atoms with E-state index >= 15 is 0 Å². The fourth-order valence-corrected chi connectivity index (χ4v) is 6.29. The van der Waals surface area contributed by atoms with Crippen LogP contribution in [0.4, 0.5) is 21.9 Å². The Bertz CT molecular complexity index is 1650. The van der Waals surface area contributed by atoms with Gasteiger partial charge in [0.05, 0.1) is 12.1 Å². The molecule has 242 valence electrons. The zero-order valence-corrected chi connectivity index (χ0v) is 26.5. The third-order valence-electron chi connectivity index (χ3n) is 9.02. The predicted octanol–water partition coefficient (Wildman–Crippen LogP) is 6.73. The van der Waals surface area contributed by atoms with Crippen LogP contribution in [0.2, 0.25) is 0 Å². The first-order chi connectivity index (χ1) is 22.9. The summed E-state index contributed by atoms with van der Waals surface area (Å²) in [4.78, 5) is 42.7. The van der Waals surface area contributed by atoms with Gasteiger partial charge in [0.2, 0.25) is 0 Å². The maximum atomic E-state index is 13.2. The summed E-state index contributed by atoms with van der Waals surface area (Å²) in [5.41, 5.74) is 6.30. The normalized spacial score (nSPS) is 16.6. The van der Waals surface area contributed by atoms with Crippen molar-refractivity contribution in [2.45, 2.75) is 57.3 Å². The lowest BCUT2D eigenvalue weighted by molar-refractivity contribution is -0.122. The zero-order chi connectivity index (χ0) is 32.6. The molecule has 6 rings (SSSR count). The number of nitrogens with zero attached hydrogens (tertiary/aromatic N) is 2. The van der Waals surface area contributed by atoms with E-state index < -0.39 is 12.1 Å². The van der Waals surface area contributed by atoms with Gasteiger partial charge in [-0.3, -0.25) is 14.5 Å². The first-order valence-electron chi connectivity index (χ1n) is 16.4. The van der Waals surface area contributed by atoms with E-state index in [9.17, 15) is 19.5 Å². The van der Waals surface area contributed by atoms with E-state index in [1.807, 2.05) is 103 Å². The number of aliphatic hydroxyl groups excluding tert-OH is 1. The minimum Gasteiger partial charge on any atom is -0.445 e. The number of likely N-dealkylation sites (tertiary alicyclic amines) is 1. The van der Waals surface area contributed by atoms with Crippen LogP contribution >= 0.6 is 0 Å². The number of Topliss-reactive ketones (excluding diaryl/α,β-unsaturated/α-hetero) is 2. The average molecular weight is 632 g/mol. The molecule has 0 spiro atoms. The smallest absolute Gasteiger partial charge is 0.410 e. The van der Waals surface area contributed by atoms with Crippen LogP contribution in [-0.4, -0.2) is 59.4 Å². The second kappa shape index (κ2) is 15.1. The molecule has 0 aliphatic carbocycles. The summed E-state index contributed by atoms with van der Waals surface area (Å²) < 4.78 is 5.49. The van der Waals surface area contributed by atoms with Gasteiger partial charge in [0, 0.05) is 55.1 Å². The molecule has 2 N–H and O–H groups in total. The first kappa shape index (κ1) is 32.0. The fourth-order valence-electron chi connectivity index (χ4n) is 6.29. The Labute approximate surface area is 276 Å². The molecule has 2 heterocycles. The summed E-state index contributed by atoms with van der Waals surface area (Å²) in [7, 11) is 0. The molecule has 2 aliphatic heterocycles. The van der Waals surface area contributed by atoms with E-state index in [0.29, 0.717) is 24.9 Å². The summed E-state index contributed by atoms with van der Waals surface area (Å²) in [6.45, 7) is 2.37. The molecular weight excluding hydrogens is 590 g/mol. The number of nitrogens with one attached hydrogen (secondary N) is 1. The molecule has 0 saturated carbocycles. The highest BCUT2D eigenvalue weighted by Gasteiger charge is 2.34. The molecule has 4 aromatic carbocycles. The quantitative estimate of drug-likeness (QED) is 0.177. The van der Waals surface area contributed by atoms with Crippen molar-refractivity contribution in [1.29, 1.82) is 0 Å². The predicted molar refractivity (Wildman–Crippen MR) is 183 cm³/mol. The average Bonchev–Trinajstić information content (AvgIpc) is 3.61. The minimum absolute atomic E-state index is 0.0173. The number of amides is 1. The molecule has 4 aromatic rings. The molecule has 1 atom stereocenters. The summed E-state index contributed by atoms with van der Waals surface area (Å²) in [6, 6.07) is 32.4. The summed E-state index contributed by atoms with van der Waals surface area (Å²) in [6.07, 6.45) is 2.90. The number of benzene rings is 4. The summed E-state index contributed by atoms with van der Waals surface area (Å²) in [5.74, 6) is 0.0879. The Morgan fingerprint density at radius 2 is 1.32 bits per heavy atom. The van der Waals surface area contributed by atoms with Crippen LogP contribution in [0.15, 0.2) is 103 Å². The van der Waals surface area contributed by atoms with Gasteiger partial charge in [0.25, 0.3) is 0 Å². The number of ketones is 2. The molecule has 8 nitrogen and oxygen atoms in total. The number of ether oxygens (including phenoxy) is 1. The van der Waals surface area contributed by atoms with Gasteiger partial charge in [-0.25, -0.2) is 4.79 Å². The third kappa shape index (κ3) is 8.45. The highest BCUT2D eigenvalue weighted by atomic mass is 16.6. The molecule has 8 heteroatoms. The van der Waals surface area contributed by atoms with E-state index in [1.165, 1.54) is 0 Å². The Balaban J connectivity index is 0.968. The van der Waals surface area contributed by atoms with Crippen LogP contribution in [0.3, 0.4) is 0 Å². The Kier molecular flexibility index (Phi) is 10.3. The van der Waals surface area contributed by atoms with Crippen LogP contribution in [0.1, 0.15) is 52.7 Å². The second-order valence-electron chi connectivity index (χ2n) is 12.4. The molecule has 47 heavy (non-hydrogen) atoms. The van der Waals surface area contributed by atoms with E-state index in [0.717, 1.165) is 66.1 Å². The third-order valence-corrected chi connectivity index (χ3v) is 9.02. The number of carbonyl (C=O) groups is 3. The molecule has 1 unspecified atom stereocenters. The standard InChI is InChI=1S/C39H41N3O5/c43-35-20-23-41(24-21-35)34-18-12-31(13-19-34)37(44)25-28-8-14-32(15-9-28)40-33-16-10-29(11-17-33)26-38(45)36-7-4-22-42(36)39(46)47-27-30-5-2-1-3-6-30/h1-3,5-6,8-19,35-36,40,43H,4,7,20-27H2. The van der Waals surface area contributed by atoms with Gasteiger partial charge in [0.1, 0.15) is 6.61 Å². The molecule has 2 aliphatic rings. The van der Waals surface area contributed by atoms with Crippen molar-refractivity contribution in [2.75, 3.05) is 29.9 Å². The number of anilines is 3. The van der Waals surface area contributed by atoms with Gasteiger partial charge in [-0.2, -0.15) is 0 Å². The maximum Gasteiger partial charge on any atom is 0.410 e. The summed E-state index contributed by atoms with van der Waals surface area (Å²) >= 11 is 0. The van der Waals surface area contributed by atoms with Crippen LogP contribution in [0.5, 0.6) is 0 Å². The molecule has 2 saturated heterocycles. The lowest BCUT2D eigenvalue weighted by Crippen LogP contribution is -2.41. The lowest BCUT2D eigenvalue weighted by atomic mass is 10.0. The van der Waals surface area contributed by atoms with Crippen molar-refractivity contribution in [2.24, 2.45) is 0 Å². The van der Waals surface area contributed by atoms with Crippen LogP contribution in [0.25, 0.3) is 0 Å². The molecular formula is C39H41N3O5. The van der Waals surface area contributed by atoms with Crippen molar-refractivity contribution in [3.8, 4) is 0 Å². The van der Waals surface area contributed by atoms with Crippen molar-refractivity contribution in [3.63, 3.8) is 0 Å². The fraction of sp³-hybridized carbons (Fsp3) is 0.308. The molecule has 2 fully saturated rings. The Morgan fingerprint density at radius 3 is 1.96 bits per heavy atom. The van der Waals surface area contributed by atoms with Gasteiger partial charge < -0.3 is 20.1 Å². The number of piperidine rings is 1. The van der Waals surface area contributed by atoms with Crippen molar-refractivity contribution in [1.82, 2.24) is 4.90 Å². The van der Waals surface area contributed by atoms with Gasteiger partial charge in [-0.05, 0) is 90.9 Å². The van der Waals surface area contributed by atoms with E-state index in [4.69, 9.17) is 4.74 Å². The van der Waals surface area contributed by atoms with E-state index in [1.54, 1.807) is 4.90 Å². The Morgan fingerprint density at radius 1 is 0.702 bits per heavy atom. The largest absolute Gasteiger partial charge is 0.445 e. The zero-order valence-electron chi connectivity index (χ0n) is 26.5. The monoisotopic (exact) mass is 631 g/mol. The van der Waals surface area contributed by atoms with Crippen molar-refractivity contribution >= 4 is 34.7 Å². The van der Waals surface area contributed by atoms with Crippen LogP contribution in [0, 0.1) is 0 Å². The molecule has 0 bridgehead atoms. The number of hydrogen-bond acceptors (Lipinski definition) is 7. The second-order valence-corrected chi connectivity index (χ2v) is 12.4. The van der Waals surface area contributed by atoms with Gasteiger partial charge >= 0.3 is 6.09 Å². The lowest BCUT2D eigenvalue weighted by Gasteiger charge is -2.31. The SMILES string of the molecule is O=C(Cc1ccc(Nc2ccc(CC(=O)C3CCCN3C(=O)OCc3ccccc3)cc2)cc1)c1ccc(N2CCC(O)CC2)cc1. The first-order valence-corrected chi connectivity index (χ1v) is 16.4. The van der Waals surface area contributed by atoms with Crippen LogP contribution < -0.4 is 10.2 Å². The number of rotatable bonds is 11. The minimum atomic E-state index is -0.462. The molecule has 1 amide bonds. The number of hydrogen-bond donors (Lipinski definition) is 2. The topological polar surface area (TPSA) is 99.2 Å². The Hall–Kier alpha value is -4.95. The van der Waals surface area contributed by atoms with Crippen molar-refractivity contribution in [3.05, 3.63) is 125 Å². The summed E-state index contributed by atoms with van der Waals surface area (Å²) in [5, 5.41) is 13.1. The molecule has 0 radical (unpaired) electrons. The van der Waals surface area contributed by atoms with Crippen LogP contribution in [-0.2, 0) is 29.0 Å². The maximum absolute atomic E-state index is 13.2. The number of carbonyl (C=O) groups excluding carboxylic acids is 3.